The summed E-state index contributed by atoms with van der Waals surface area (Å²) in [6.07, 6.45) is 1.11. The minimum Gasteiger partial charge on any atom is -1.00 e. The number of para-hydroxylation sites is 1. The van der Waals surface area contributed by atoms with Gasteiger partial charge >= 0.3 is 29.6 Å². The average Bonchev–Trinajstić information content (AvgIpc) is 2.97. The molecule has 0 fully saturated rings. The average molecular weight is 433 g/mol. The number of hydrogen-bond acceptors (Lipinski definition) is 2. The van der Waals surface area contributed by atoms with Gasteiger partial charge < -0.3 is 11.1 Å². The van der Waals surface area contributed by atoms with Crippen LogP contribution >= 0.6 is 27.5 Å². The first-order chi connectivity index (χ1) is 11.6. The predicted octanol–water partition coefficient (Wildman–Crippen LogP) is 2.95. The molecule has 130 valence electrons. The maximum absolute atomic E-state index is 6.47. The van der Waals surface area contributed by atoms with Gasteiger partial charge in [-0.15, -0.1) is 0 Å². The molecule has 0 spiro atoms. The zero-order chi connectivity index (χ0) is 17.1. The van der Waals surface area contributed by atoms with Crippen LogP contribution in [-0.2, 0) is 18.3 Å². The van der Waals surface area contributed by atoms with Crippen molar-refractivity contribution in [3.8, 4) is 5.75 Å². The zero-order valence-electron chi connectivity index (χ0n) is 16.2. The van der Waals surface area contributed by atoms with Gasteiger partial charge in [0.1, 0.15) is 5.75 Å². The van der Waals surface area contributed by atoms with Crippen LogP contribution in [0.25, 0.3) is 0 Å². The van der Waals surface area contributed by atoms with E-state index in [0.717, 1.165) is 30.6 Å². The van der Waals surface area contributed by atoms with Gasteiger partial charge in [-0.25, -0.2) is 0 Å². The molecule has 0 N–H and O–H groups in total. The molecule has 0 saturated heterocycles. The molecule has 3 rings (SSSR count). The topological polar surface area (TPSA) is 12.5 Å². The molecular formula is C20H24BrClNNaO. The Morgan fingerprint density at radius 3 is 2.72 bits per heavy atom. The first kappa shape index (κ1) is 21.1. The predicted molar refractivity (Wildman–Crippen MR) is 107 cm³/mol. The van der Waals surface area contributed by atoms with Crippen molar-refractivity contribution in [2.75, 3.05) is 18.1 Å². The molecule has 0 amide bonds. The maximum Gasteiger partial charge on any atom is 1.00 e. The van der Waals surface area contributed by atoms with E-state index < -0.39 is 0 Å². The number of alkyl halides is 1. The van der Waals surface area contributed by atoms with Crippen LogP contribution in [0.2, 0.25) is 5.02 Å². The van der Waals surface area contributed by atoms with E-state index in [1.807, 2.05) is 0 Å². The number of benzene rings is 2. The van der Waals surface area contributed by atoms with Gasteiger partial charge in [0.05, 0.1) is 11.6 Å². The van der Waals surface area contributed by atoms with E-state index in [2.05, 4.69) is 71.1 Å². The SMILES string of the molecule is CC(C)COc1cc(CBr)c(CN2CCc3ccccc32)cc1Cl.[H-].[Na+]. The van der Waals surface area contributed by atoms with E-state index in [-0.39, 0.29) is 31.0 Å². The summed E-state index contributed by atoms with van der Waals surface area (Å²) in [4.78, 5) is 2.43. The summed E-state index contributed by atoms with van der Waals surface area (Å²) in [5.74, 6) is 1.26. The fraction of sp³-hybridized carbons (Fsp3) is 0.400. The molecule has 1 aliphatic rings. The van der Waals surface area contributed by atoms with Crippen LogP contribution in [0.3, 0.4) is 0 Å². The summed E-state index contributed by atoms with van der Waals surface area (Å²) >= 11 is 10.1. The fourth-order valence-corrected chi connectivity index (χ4v) is 3.81. The zero-order valence-corrected chi connectivity index (χ0v) is 19.5. The number of nitrogens with zero attached hydrogens (tertiary/aromatic N) is 1. The second kappa shape index (κ2) is 9.66. The Balaban J connectivity index is 0.00000169. The van der Waals surface area contributed by atoms with Gasteiger partial charge in [0.25, 0.3) is 0 Å². The van der Waals surface area contributed by atoms with E-state index in [4.69, 9.17) is 16.3 Å². The Morgan fingerprint density at radius 1 is 1.24 bits per heavy atom. The van der Waals surface area contributed by atoms with Crippen molar-refractivity contribution < 1.29 is 35.7 Å². The Bertz CT molecular complexity index is 729. The quantitative estimate of drug-likeness (QED) is 0.514. The standard InChI is InChI=1S/C20H23BrClNO.Na.H/c1-14(2)13-24-20-10-16(11-21)17(9-18(20)22)12-23-8-7-15-5-3-4-6-19(15)23;;/h3-6,9-10,14H,7-8,11-13H2,1-2H3;;/q;+1;-1. The minimum absolute atomic E-state index is 0. The minimum atomic E-state index is 0. The molecule has 2 nitrogen and oxygen atoms in total. The van der Waals surface area contributed by atoms with E-state index >= 15 is 0 Å². The van der Waals surface area contributed by atoms with Crippen LogP contribution < -0.4 is 39.2 Å². The normalized spacial score (nSPS) is 12.9. The van der Waals surface area contributed by atoms with Crippen LogP contribution in [0.15, 0.2) is 36.4 Å². The second-order valence-corrected chi connectivity index (χ2v) is 7.66. The Morgan fingerprint density at radius 2 is 2.00 bits per heavy atom. The first-order valence-electron chi connectivity index (χ1n) is 8.41. The summed E-state index contributed by atoms with van der Waals surface area (Å²) < 4.78 is 5.86. The number of anilines is 1. The van der Waals surface area contributed by atoms with Crippen molar-refractivity contribution in [2.45, 2.75) is 32.1 Å². The second-order valence-electron chi connectivity index (χ2n) is 6.69. The maximum atomic E-state index is 6.47. The van der Waals surface area contributed by atoms with E-state index in [0.29, 0.717) is 17.5 Å². The number of hydrogen-bond donors (Lipinski definition) is 0. The number of rotatable bonds is 6. The van der Waals surface area contributed by atoms with Gasteiger partial charge in [-0.2, -0.15) is 0 Å². The van der Waals surface area contributed by atoms with Gasteiger partial charge in [0, 0.05) is 24.1 Å². The van der Waals surface area contributed by atoms with Crippen LogP contribution in [0.1, 0.15) is 32.0 Å². The van der Waals surface area contributed by atoms with Crippen molar-refractivity contribution in [2.24, 2.45) is 5.92 Å². The Kier molecular flexibility index (Phi) is 8.16. The number of halogens is 2. The molecule has 1 aliphatic heterocycles. The van der Waals surface area contributed by atoms with Crippen molar-refractivity contribution in [3.63, 3.8) is 0 Å². The van der Waals surface area contributed by atoms with Gasteiger partial charge in [-0.05, 0) is 47.2 Å². The van der Waals surface area contributed by atoms with E-state index in [9.17, 15) is 0 Å². The third kappa shape index (κ3) is 5.17. The van der Waals surface area contributed by atoms with Crippen molar-refractivity contribution in [1.82, 2.24) is 0 Å². The fourth-order valence-electron chi connectivity index (χ4n) is 3.05. The number of fused-ring (bicyclic) bond motifs is 1. The molecule has 0 unspecified atom stereocenters. The molecule has 2 aromatic carbocycles. The van der Waals surface area contributed by atoms with Crippen LogP contribution in [0.5, 0.6) is 5.75 Å². The summed E-state index contributed by atoms with van der Waals surface area (Å²) in [7, 11) is 0. The van der Waals surface area contributed by atoms with Crippen LogP contribution in [0.4, 0.5) is 5.69 Å². The molecule has 0 saturated carbocycles. The molecule has 0 radical (unpaired) electrons. The molecule has 2 aromatic rings. The largest absolute Gasteiger partial charge is 1.00 e. The monoisotopic (exact) mass is 431 g/mol. The molecule has 0 atom stereocenters. The molecule has 0 aromatic heterocycles. The van der Waals surface area contributed by atoms with Gasteiger partial charge in [-0.1, -0.05) is 59.6 Å². The van der Waals surface area contributed by atoms with Crippen LogP contribution in [0, 0.1) is 5.92 Å². The molecule has 0 aliphatic carbocycles. The smallest absolute Gasteiger partial charge is 1.00 e. The summed E-state index contributed by atoms with van der Waals surface area (Å²) in [6.45, 7) is 6.89. The van der Waals surface area contributed by atoms with Crippen molar-refractivity contribution in [1.29, 1.82) is 0 Å². The van der Waals surface area contributed by atoms with E-state index in [1.165, 1.54) is 22.4 Å². The molecule has 5 heteroatoms. The van der Waals surface area contributed by atoms with Gasteiger partial charge in [0.2, 0.25) is 0 Å². The van der Waals surface area contributed by atoms with Gasteiger partial charge in [-0.3, -0.25) is 0 Å². The third-order valence-electron chi connectivity index (χ3n) is 4.31. The first-order valence-corrected chi connectivity index (χ1v) is 9.91. The Labute approximate surface area is 187 Å². The summed E-state index contributed by atoms with van der Waals surface area (Å²) in [6, 6.07) is 12.8. The number of ether oxygens (including phenoxy) is 1. The molecular weight excluding hydrogens is 409 g/mol. The molecule has 1 heterocycles. The van der Waals surface area contributed by atoms with Gasteiger partial charge in [0.15, 0.2) is 0 Å². The summed E-state index contributed by atoms with van der Waals surface area (Å²) in [5, 5.41) is 1.50. The Hall–Kier alpha value is -0.190. The van der Waals surface area contributed by atoms with Crippen molar-refractivity contribution in [3.05, 3.63) is 58.1 Å². The third-order valence-corrected chi connectivity index (χ3v) is 5.21. The molecule has 25 heavy (non-hydrogen) atoms. The molecule has 0 bridgehead atoms. The van der Waals surface area contributed by atoms with Crippen LogP contribution in [-0.4, -0.2) is 13.2 Å². The van der Waals surface area contributed by atoms with E-state index in [1.54, 1.807) is 0 Å². The summed E-state index contributed by atoms with van der Waals surface area (Å²) in [5.41, 5.74) is 5.27. The van der Waals surface area contributed by atoms with Crippen molar-refractivity contribution >= 4 is 33.2 Å².